The molecule has 1 saturated carbocycles. The first-order valence-corrected chi connectivity index (χ1v) is 7.45. The minimum Gasteiger partial charge on any atom is -0.477 e. The second-order valence-electron chi connectivity index (χ2n) is 4.67. The van der Waals surface area contributed by atoms with Gasteiger partial charge in [-0.05, 0) is 41.5 Å². The molecular formula is C13H18INO3. The van der Waals surface area contributed by atoms with E-state index in [0.29, 0.717) is 24.9 Å². The van der Waals surface area contributed by atoms with Crippen molar-refractivity contribution in [2.75, 3.05) is 6.61 Å². The van der Waals surface area contributed by atoms with Crippen molar-refractivity contribution >= 4 is 28.6 Å². The summed E-state index contributed by atoms with van der Waals surface area (Å²) in [4.78, 5) is 11.0. The molecule has 1 N–H and O–H groups in total. The zero-order valence-electron chi connectivity index (χ0n) is 10.3. The Labute approximate surface area is 120 Å². The zero-order chi connectivity index (χ0) is 13.0. The molecule has 0 amide bonds. The maximum absolute atomic E-state index is 11.0. The lowest BCUT2D eigenvalue weighted by molar-refractivity contribution is 0.0236. The van der Waals surface area contributed by atoms with Crippen LogP contribution in [0.25, 0.3) is 0 Å². The molecule has 1 heterocycles. The summed E-state index contributed by atoms with van der Waals surface area (Å²) in [5.41, 5.74) is 0.339. The minimum atomic E-state index is -0.879. The molecule has 1 aliphatic carbocycles. The number of ether oxygens (including phenoxy) is 1. The number of hydrogen-bond acceptors (Lipinski definition) is 2. The Balaban J connectivity index is 1.84. The number of carboxylic acids is 1. The number of halogens is 1. The van der Waals surface area contributed by atoms with Gasteiger partial charge in [-0.3, -0.25) is 0 Å². The van der Waals surface area contributed by atoms with E-state index in [4.69, 9.17) is 9.84 Å². The number of hydrogen-bond donors (Lipinski definition) is 1. The third kappa shape index (κ3) is 3.71. The maximum atomic E-state index is 11.0. The fourth-order valence-corrected chi connectivity index (χ4v) is 3.02. The van der Waals surface area contributed by atoms with Gasteiger partial charge in [-0.1, -0.05) is 19.3 Å². The van der Waals surface area contributed by atoms with Gasteiger partial charge < -0.3 is 14.4 Å². The second kappa shape index (κ2) is 6.56. The Morgan fingerprint density at radius 3 is 2.83 bits per heavy atom. The highest BCUT2D eigenvalue weighted by Crippen LogP contribution is 2.20. The van der Waals surface area contributed by atoms with Gasteiger partial charge in [-0.25, -0.2) is 4.79 Å². The van der Waals surface area contributed by atoms with Crippen molar-refractivity contribution < 1.29 is 14.6 Å². The van der Waals surface area contributed by atoms with E-state index < -0.39 is 5.97 Å². The highest BCUT2D eigenvalue weighted by atomic mass is 127. The first-order valence-electron chi connectivity index (χ1n) is 6.37. The molecule has 0 aromatic carbocycles. The average Bonchev–Trinajstić information content (AvgIpc) is 2.72. The summed E-state index contributed by atoms with van der Waals surface area (Å²) in [6.45, 7) is 1.21. The molecule has 18 heavy (non-hydrogen) atoms. The molecule has 0 saturated heterocycles. The third-order valence-electron chi connectivity index (χ3n) is 3.32. The predicted octanol–water partition coefficient (Wildman–Crippen LogP) is 3.14. The minimum absolute atomic E-state index is 0.339. The summed E-state index contributed by atoms with van der Waals surface area (Å²) in [7, 11) is 0. The van der Waals surface area contributed by atoms with Crippen LogP contribution in [0.2, 0.25) is 0 Å². The van der Waals surface area contributed by atoms with Gasteiger partial charge >= 0.3 is 5.97 Å². The highest BCUT2D eigenvalue weighted by Gasteiger charge is 2.15. The van der Waals surface area contributed by atoms with Crippen LogP contribution in [0.4, 0.5) is 0 Å². The van der Waals surface area contributed by atoms with Crippen molar-refractivity contribution in [1.82, 2.24) is 4.57 Å². The lowest BCUT2D eigenvalue weighted by atomic mass is 9.98. The van der Waals surface area contributed by atoms with E-state index in [-0.39, 0.29) is 0 Å². The van der Waals surface area contributed by atoms with Crippen molar-refractivity contribution in [2.45, 2.75) is 44.8 Å². The van der Waals surface area contributed by atoms with Gasteiger partial charge in [-0.15, -0.1) is 0 Å². The molecule has 100 valence electrons. The van der Waals surface area contributed by atoms with Crippen molar-refractivity contribution in [2.24, 2.45) is 0 Å². The summed E-state index contributed by atoms with van der Waals surface area (Å²) in [6.07, 6.45) is 8.36. The summed E-state index contributed by atoms with van der Waals surface area (Å²) >= 11 is 2.13. The summed E-state index contributed by atoms with van der Waals surface area (Å²) in [5.74, 6) is -0.879. The number of nitrogens with zero attached hydrogens (tertiary/aromatic N) is 1. The molecule has 0 aliphatic heterocycles. The third-order valence-corrected chi connectivity index (χ3v) is 3.91. The quantitative estimate of drug-likeness (QED) is 0.818. The lowest BCUT2D eigenvalue weighted by Crippen LogP contribution is -2.20. The predicted molar refractivity (Wildman–Crippen MR) is 76.9 cm³/mol. The van der Waals surface area contributed by atoms with Crippen LogP contribution in [0, 0.1) is 3.57 Å². The van der Waals surface area contributed by atoms with E-state index in [1.807, 2.05) is 6.20 Å². The molecular weight excluding hydrogens is 345 g/mol. The van der Waals surface area contributed by atoms with Crippen LogP contribution in [0.5, 0.6) is 0 Å². The number of rotatable bonds is 5. The van der Waals surface area contributed by atoms with Crippen LogP contribution < -0.4 is 0 Å². The smallest absolute Gasteiger partial charge is 0.352 e. The average molecular weight is 363 g/mol. The van der Waals surface area contributed by atoms with Crippen molar-refractivity contribution in [3.63, 3.8) is 0 Å². The van der Waals surface area contributed by atoms with E-state index in [0.717, 1.165) is 16.4 Å². The van der Waals surface area contributed by atoms with E-state index >= 15 is 0 Å². The molecule has 0 atom stereocenters. The van der Waals surface area contributed by atoms with Crippen LogP contribution in [0.15, 0.2) is 12.3 Å². The standard InChI is InChI=1S/C13H18INO3/c14-10-8-12(13(16)17)15(9-10)6-7-18-11-4-2-1-3-5-11/h8-9,11H,1-7H2,(H,16,17). The monoisotopic (exact) mass is 363 g/mol. The summed E-state index contributed by atoms with van der Waals surface area (Å²) in [5, 5.41) is 9.06. The highest BCUT2D eigenvalue weighted by molar-refractivity contribution is 14.1. The van der Waals surface area contributed by atoms with E-state index in [2.05, 4.69) is 22.6 Å². The van der Waals surface area contributed by atoms with Gasteiger partial charge in [0.05, 0.1) is 12.7 Å². The van der Waals surface area contributed by atoms with Crippen molar-refractivity contribution in [1.29, 1.82) is 0 Å². The van der Waals surface area contributed by atoms with Gasteiger partial charge in [0, 0.05) is 16.3 Å². The van der Waals surface area contributed by atoms with Crippen LogP contribution in [0.3, 0.4) is 0 Å². The van der Waals surface area contributed by atoms with Crippen LogP contribution in [0.1, 0.15) is 42.6 Å². The van der Waals surface area contributed by atoms with Crippen LogP contribution in [-0.2, 0) is 11.3 Å². The molecule has 1 aromatic rings. The Bertz CT molecular complexity index is 410. The van der Waals surface area contributed by atoms with Crippen molar-refractivity contribution in [3.05, 3.63) is 21.5 Å². The van der Waals surface area contributed by atoms with Crippen molar-refractivity contribution in [3.8, 4) is 0 Å². The fourth-order valence-electron chi connectivity index (χ4n) is 2.39. The molecule has 1 fully saturated rings. The Kier molecular flexibility index (Phi) is 5.05. The summed E-state index contributed by atoms with van der Waals surface area (Å²) < 4.78 is 8.52. The van der Waals surface area contributed by atoms with Crippen LogP contribution in [-0.4, -0.2) is 28.4 Å². The first kappa shape index (κ1) is 13.9. The van der Waals surface area contributed by atoms with Crippen LogP contribution >= 0.6 is 22.6 Å². The molecule has 0 radical (unpaired) electrons. The SMILES string of the molecule is O=C(O)c1cc(I)cn1CCOC1CCCCC1. The van der Waals surface area contributed by atoms with E-state index in [9.17, 15) is 4.79 Å². The molecule has 0 spiro atoms. The fraction of sp³-hybridized carbons (Fsp3) is 0.615. The zero-order valence-corrected chi connectivity index (χ0v) is 12.4. The molecule has 0 unspecified atom stereocenters. The van der Waals surface area contributed by atoms with Gasteiger partial charge in [0.2, 0.25) is 0 Å². The molecule has 1 aromatic heterocycles. The maximum Gasteiger partial charge on any atom is 0.352 e. The molecule has 1 aliphatic rings. The number of carboxylic acid groups (broad SMARTS) is 1. The first-order chi connectivity index (χ1) is 8.66. The summed E-state index contributed by atoms with van der Waals surface area (Å²) in [6, 6.07) is 1.68. The molecule has 2 rings (SSSR count). The molecule has 5 heteroatoms. The molecule has 4 nitrogen and oxygen atoms in total. The Hall–Kier alpha value is -0.560. The molecule has 0 bridgehead atoms. The Morgan fingerprint density at radius 2 is 2.17 bits per heavy atom. The second-order valence-corrected chi connectivity index (χ2v) is 5.92. The Morgan fingerprint density at radius 1 is 1.44 bits per heavy atom. The van der Waals surface area contributed by atoms with Gasteiger partial charge in [-0.2, -0.15) is 0 Å². The largest absolute Gasteiger partial charge is 0.477 e. The normalized spacial score (nSPS) is 16.9. The lowest BCUT2D eigenvalue weighted by Gasteiger charge is -2.22. The number of carbonyl (C=O) groups is 1. The van der Waals surface area contributed by atoms with E-state index in [1.54, 1.807) is 10.6 Å². The number of aromatic carboxylic acids is 1. The van der Waals surface area contributed by atoms with Gasteiger partial charge in [0.15, 0.2) is 0 Å². The topological polar surface area (TPSA) is 51.5 Å². The van der Waals surface area contributed by atoms with E-state index in [1.165, 1.54) is 19.3 Å². The number of aromatic nitrogens is 1. The van der Waals surface area contributed by atoms with Gasteiger partial charge in [0.1, 0.15) is 5.69 Å². The van der Waals surface area contributed by atoms with Gasteiger partial charge in [0.25, 0.3) is 0 Å².